The number of hydrogen-bond acceptors (Lipinski definition) is 3. The molecule has 3 heterocycles. The zero-order chi connectivity index (χ0) is 22.6. The predicted molar refractivity (Wildman–Crippen MR) is 136 cm³/mol. The molecule has 7 rings (SSSR count). The minimum atomic E-state index is 0.424. The highest BCUT2D eigenvalue weighted by Gasteiger charge is 2.18. The van der Waals surface area contributed by atoms with Crippen molar-refractivity contribution in [3.63, 3.8) is 0 Å². The Bertz CT molecular complexity index is 1930. The fraction of sp³-hybridized carbons (Fsp3) is 0. The Hall–Kier alpha value is -4.88. The summed E-state index contributed by atoms with van der Waals surface area (Å²) < 4.78 is 8.47. The van der Waals surface area contributed by atoms with Crippen LogP contribution in [0.3, 0.4) is 0 Å². The monoisotopic (exact) mass is 435 g/mol. The average Bonchev–Trinajstić information content (AvgIpc) is 3.44. The number of hydrogen-bond donors (Lipinski definition) is 0. The molecule has 0 bridgehead atoms. The van der Waals surface area contributed by atoms with Crippen LogP contribution in [-0.2, 0) is 0 Å². The number of rotatable bonds is 2. The molecule has 4 aromatic carbocycles. The third-order valence-corrected chi connectivity index (χ3v) is 6.51. The molecule has 0 unspecified atom stereocenters. The molecule has 0 aliphatic heterocycles. The van der Waals surface area contributed by atoms with Gasteiger partial charge in [-0.2, -0.15) is 5.26 Å². The first kappa shape index (κ1) is 18.7. The molecule has 0 fully saturated rings. The van der Waals surface area contributed by atoms with Crippen LogP contribution in [0.1, 0.15) is 5.69 Å². The number of benzene rings is 4. The summed E-state index contributed by atoms with van der Waals surface area (Å²) in [6.45, 7) is 0. The Morgan fingerprint density at radius 2 is 1.56 bits per heavy atom. The van der Waals surface area contributed by atoms with Crippen LogP contribution >= 0.6 is 0 Å². The van der Waals surface area contributed by atoms with Gasteiger partial charge in [-0.1, -0.05) is 48.5 Å². The smallest absolute Gasteiger partial charge is 0.148 e. The largest absolute Gasteiger partial charge is 0.456 e. The maximum absolute atomic E-state index is 9.56. The van der Waals surface area contributed by atoms with Crippen molar-refractivity contribution in [1.82, 2.24) is 9.55 Å². The topological polar surface area (TPSA) is 54.8 Å². The molecular formula is C30H17N3O. The molecule has 0 aliphatic rings. The molecule has 0 radical (unpaired) electrons. The molecular weight excluding hydrogens is 418 g/mol. The van der Waals surface area contributed by atoms with E-state index in [-0.39, 0.29) is 0 Å². The lowest BCUT2D eigenvalue weighted by molar-refractivity contribution is 0.669. The van der Waals surface area contributed by atoms with E-state index in [0.717, 1.165) is 49.8 Å². The third kappa shape index (κ3) is 2.55. The van der Waals surface area contributed by atoms with E-state index < -0.39 is 0 Å². The SMILES string of the molecule is N#Cc1ncccc1-c1cccc(-n2c3ccccc3c3c4c(ccc32)oc2ccccc24)c1. The van der Waals surface area contributed by atoms with E-state index in [1.54, 1.807) is 6.20 Å². The summed E-state index contributed by atoms with van der Waals surface area (Å²) in [5.41, 5.74) is 7.27. The quantitative estimate of drug-likeness (QED) is 0.281. The van der Waals surface area contributed by atoms with Gasteiger partial charge in [-0.05, 0) is 54.1 Å². The summed E-state index contributed by atoms with van der Waals surface area (Å²) in [7, 11) is 0. The van der Waals surface area contributed by atoms with Gasteiger partial charge in [-0.15, -0.1) is 0 Å². The lowest BCUT2D eigenvalue weighted by atomic mass is 10.0. The Kier molecular flexibility index (Phi) is 3.88. The second-order valence-corrected chi connectivity index (χ2v) is 8.35. The molecule has 0 atom stereocenters. The Morgan fingerprint density at radius 1 is 0.706 bits per heavy atom. The highest BCUT2D eigenvalue weighted by molar-refractivity contribution is 6.27. The van der Waals surface area contributed by atoms with Crippen molar-refractivity contribution in [2.45, 2.75) is 0 Å². The summed E-state index contributed by atoms with van der Waals surface area (Å²) in [6.07, 6.45) is 1.65. The van der Waals surface area contributed by atoms with Crippen LogP contribution in [0, 0.1) is 11.3 Å². The molecule has 0 amide bonds. The summed E-state index contributed by atoms with van der Waals surface area (Å²) in [5.74, 6) is 0. The number of nitriles is 1. The lowest BCUT2D eigenvalue weighted by Crippen LogP contribution is -1.95. The van der Waals surface area contributed by atoms with Crippen LogP contribution in [0.2, 0.25) is 0 Å². The van der Waals surface area contributed by atoms with Gasteiger partial charge >= 0.3 is 0 Å². The van der Waals surface area contributed by atoms with Crippen molar-refractivity contribution in [3.8, 4) is 22.9 Å². The molecule has 4 nitrogen and oxygen atoms in total. The summed E-state index contributed by atoms with van der Waals surface area (Å²) in [4.78, 5) is 4.24. The number of pyridine rings is 1. The van der Waals surface area contributed by atoms with Crippen molar-refractivity contribution in [1.29, 1.82) is 5.26 Å². The van der Waals surface area contributed by atoms with Crippen LogP contribution in [-0.4, -0.2) is 9.55 Å². The molecule has 0 saturated carbocycles. The predicted octanol–water partition coefficient (Wildman–Crippen LogP) is 7.62. The fourth-order valence-electron chi connectivity index (χ4n) is 5.09. The van der Waals surface area contributed by atoms with Crippen LogP contribution in [0.15, 0.2) is 108 Å². The summed E-state index contributed by atoms with van der Waals surface area (Å²) in [6, 6.07) is 35.2. The van der Waals surface area contributed by atoms with Crippen LogP contribution in [0.25, 0.3) is 60.6 Å². The molecule has 3 aromatic heterocycles. The van der Waals surface area contributed by atoms with Crippen molar-refractivity contribution < 1.29 is 4.42 Å². The summed E-state index contributed by atoms with van der Waals surface area (Å²) in [5, 5.41) is 14.2. The first-order valence-corrected chi connectivity index (χ1v) is 11.1. The van der Waals surface area contributed by atoms with E-state index in [1.807, 2.05) is 36.4 Å². The zero-order valence-electron chi connectivity index (χ0n) is 18.1. The minimum absolute atomic E-state index is 0.424. The van der Waals surface area contributed by atoms with Gasteiger partial charge in [0.05, 0.1) is 11.0 Å². The van der Waals surface area contributed by atoms with E-state index >= 15 is 0 Å². The standard InChI is InChI=1S/C30H17N3O/c31-18-24-21(11-6-16-32-24)19-7-5-8-20(17-19)33-25-12-3-1-9-22(25)29-26(33)14-15-28-30(29)23-10-2-4-13-27(23)34-28/h1-17H. The van der Waals surface area contributed by atoms with Gasteiger partial charge in [0.1, 0.15) is 22.9 Å². The van der Waals surface area contributed by atoms with Gasteiger partial charge in [-0.25, -0.2) is 4.98 Å². The molecule has 0 aliphatic carbocycles. The van der Waals surface area contributed by atoms with Gasteiger partial charge in [-0.3, -0.25) is 0 Å². The maximum atomic E-state index is 9.56. The second-order valence-electron chi connectivity index (χ2n) is 8.35. The number of fused-ring (bicyclic) bond motifs is 7. The number of furan rings is 1. The van der Waals surface area contributed by atoms with Crippen LogP contribution in [0.5, 0.6) is 0 Å². The van der Waals surface area contributed by atoms with Gasteiger partial charge < -0.3 is 8.98 Å². The average molecular weight is 435 g/mol. The highest BCUT2D eigenvalue weighted by atomic mass is 16.3. The normalized spacial score (nSPS) is 11.5. The Labute approximate surface area is 194 Å². The third-order valence-electron chi connectivity index (χ3n) is 6.51. The number of aromatic nitrogens is 2. The summed E-state index contributed by atoms with van der Waals surface area (Å²) >= 11 is 0. The molecule has 4 heteroatoms. The van der Waals surface area contributed by atoms with E-state index in [9.17, 15) is 5.26 Å². The van der Waals surface area contributed by atoms with Crippen molar-refractivity contribution in [3.05, 3.63) is 109 Å². The number of nitrogens with zero attached hydrogens (tertiary/aromatic N) is 3. The van der Waals surface area contributed by atoms with Gasteiger partial charge in [0.25, 0.3) is 0 Å². The first-order chi connectivity index (χ1) is 16.8. The van der Waals surface area contributed by atoms with Gasteiger partial charge in [0.2, 0.25) is 0 Å². The van der Waals surface area contributed by atoms with Crippen molar-refractivity contribution in [2.75, 3.05) is 0 Å². The highest BCUT2D eigenvalue weighted by Crippen LogP contribution is 2.41. The molecule has 7 aromatic rings. The van der Waals surface area contributed by atoms with E-state index in [1.165, 1.54) is 10.8 Å². The Morgan fingerprint density at radius 3 is 2.47 bits per heavy atom. The molecule has 34 heavy (non-hydrogen) atoms. The van der Waals surface area contributed by atoms with E-state index in [0.29, 0.717) is 5.69 Å². The first-order valence-electron chi connectivity index (χ1n) is 11.1. The van der Waals surface area contributed by atoms with Crippen molar-refractivity contribution >= 4 is 43.7 Å². The van der Waals surface area contributed by atoms with Crippen molar-refractivity contribution in [2.24, 2.45) is 0 Å². The maximum Gasteiger partial charge on any atom is 0.148 e. The molecule has 158 valence electrons. The zero-order valence-corrected chi connectivity index (χ0v) is 18.1. The fourth-order valence-corrected chi connectivity index (χ4v) is 5.09. The van der Waals surface area contributed by atoms with Crippen LogP contribution < -0.4 is 0 Å². The van der Waals surface area contributed by atoms with Gasteiger partial charge in [0, 0.05) is 39.0 Å². The molecule has 0 spiro atoms. The Balaban J connectivity index is 1.59. The second kappa shape index (κ2) is 7.06. The molecule has 0 saturated heterocycles. The van der Waals surface area contributed by atoms with Gasteiger partial charge in [0.15, 0.2) is 0 Å². The van der Waals surface area contributed by atoms with E-state index in [2.05, 4.69) is 76.3 Å². The minimum Gasteiger partial charge on any atom is -0.456 e. The number of para-hydroxylation sites is 2. The lowest BCUT2D eigenvalue weighted by Gasteiger charge is -2.10. The van der Waals surface area contributed by atoms with E-state index in [4.69, 9.17) is 4.42 Å². The molecule has 0 N–H and O–H groups in total. The van der Waals surface area contributed by atoms with Crippen LogP contribution in [0.4, 0.5) is 0 Å².